The molecule has 1 N–H and O–H groups in total. The van der Waals surface area contributed by atoms with Gasteiger partial charge in [0.2, 0.25) is 0 Å². The average molecular weight is 239 g/mol. The first kappa shape index (κ1) is 11.3. The first-order valence-corrected chi connectivity index (χ1v) is 5.98. The van der Waals surface area contributed by atoms with Crippen LogP contribution in [0.1, 0.15) is 34.5 Å². The van der Waals surface area contributed by atoms with Gasteiger partial charge in [-0.15, -0.1) is 11.3 Å². The Morgan fingerprint density at radius 3 is 3.12 bits per heavy atom. The molecule has 1 atom stereocenters. The van der Waals surface area contributed by atoms with Gasteiger partial charge in [0.15, 0.2) is 0 Å². The fourth-order valence-electron chi connectivity index (χ4n) is 1.64. The van der Waals surface area contributed by atoms with Crippen molar-refractivity contribution in [2.45, 2.75) is 25.9 Å². The van der Waals surface area contributed by atoms with Crippen molar-refractivity contribution in [2.24, 2.45) is 0 Å². The van der Waals surface area contributed by atoms with Crippen LogP contribution >= 0.6 is 11.3 Å². The average Bonchev–Trinajstić information content (AvgIpc) is 2.83. The first-order chi connectivity index (χ1) is 7.66. The molecule has 0 saturated carbocycles. The Balaban J connectivity index is 2.17. The molecule has 4 nitrogen and oxygen atoms in total. The van der Waals surface area contributed by atoms with Crippen molar-refractivity contribution in [3.63, 3.8) is 0 Å². The molecule has 2 rings (SSSR count). The fourth-order valence-corrected chi connectivity index (χ4v) is 2.70. The van der Waals surface area contributed by atoms with E-state index in [9.17, 15) is 4.79 Å². The summed E-state index contributed by atoms with van der Waals surface area (Å²) in [5, 5.41) is 9.52. The Bertz CT molecular complexity index is 419. The number of carboxylic acid groups (broad SMARTS) is 1. The molecule has 1 fully saturated rings. The predicted octanol–water partition coefficient (Wildman–Crippen LogP) is 2.40. The van der Waals surface area contributed by atoms with Crippen LogP contribution in [-0.2, 0) is 9.53 Å². The van der Waals surface area contributed by atoms with Gasteiger partial charge in [0, 0.05) is 12.7 Å². The third-order valence-corrected chi connectivity index (χ3v) is 3.65. The molecule has 0 radical (unpaired) electrons. The van der Waals surface area contributed by atoms with Crippen molar-refractivity contribution in [2.75, 3.05) is 6.61 Å². The van der Waals surface area contributed by atoms with Gasteiger partial charge in [-0.3, -0.25) is 0 Å². The minimum absolute atomic E-state index is 0.107. The highest BCUT2D eigenvalue weighted by Crippen LogP contribution is 2.33. The van der Waals surface area contributed by atoms with Crippen LogP contribution in [0.2, 0.25) is 0 Å². The Morgan fingerprint density at radius 1 is 1.69 bits per heavy atom. The predicted molar refractivity (Wildman–Crippen MR) is 61.4 cm³/mol. The normalized spacial score (nSPS) is 20.7. The van der Waals surface area contributed by atoms with Crippen LogP contribution in [0.4, 0.5) is 0 Å². The van der Waals surface area contributed by atoms with Gasteiger partial charge < -0.3 is 9.84 Å². The van der Waals surface area contributed by atoms with E-state index in [0.717, 1.165) is 41.1 Å². The molecule has 1 saturated heterocycles. The quantitative estimate of drug-likeness (QED) is 0.823. The van der Waals surface area contributed by atoms with Crippen LogP contribution in [0.25, 0.3) is 6.08 Å². The molecule has 1 unspecified atom stereocenters. The van der Waals surface area contributed by atoms with E-state index in [1.165, 1.54) is 11.3 Å². The van der Waals surface area contributed by atoms with Crippen molar-refractivity contribution >= 4 is 23.4 Å². The Morgan fingerprint density at radius 2 is 2.50 bits per heavy atom. The zero-order valence-corrected chi connectivity index (χ0v) is 9.79. The van der Waals surface area contributed by atoms with Gasteiger partial charge in [-0.1, -0.05) is 0 Å². The number of rotatable bonds is 3. The van der Waals surface area contributed by atoms with Crippen molar-refractivity contribution in [1.82, 2.24) is 4.98 Å². The largest absolute Gasteiger partial charge is 0.478 e. The zero-order chi connectivity index (χ0) is 11.5. The van der Waals surface area contributed by atoms with Crippen molar-refractivity contribution in [1.29, 1.82) is 0 Å². The molecule has 0 aliphatic carbocycles. The lowest BCUT2D eigenvalue weighted by Gasteiger charge is -2.02. The number of aliphatic carboxylic acids is 1. The van der Waals surface area contributed by atoms with E-state index < -0.39 is 5.97 Å². The second-order valence-electron chi connectivity index (χ2n) is 3.67. The molecule has 0 spiro atoms. The summed E-state index contributed by atoms with van der Waals surface area (Å²) >= 11 is 1.51. The molecule has 1 aliphatic rings. The van der Waals surface area contributed by atoms with Crippen molar-refractivity contribution in [3.8, 4) is 0 Å². The van der Waals surface area contributed by atoms with Gasteiger partial charge in [0.1, 0.15) is 11.1 Å². The molecule has 2 heterocycles. The zero-order valence-electron chi connectivity index (χ0n) is 8.97. The topological polar surface area (TPSA) is 59.4 Å². The third-order valence-electron chi connectivity index (χ3n) is 2.43. The lowest BCUT2D eigenvalue weighted by Crippen LogP contribution is -1.94. The van der Waals surface area contributed by atoms with E-state index in [-0.39, 0.29) is 6.10 Å². The highest BCUT2D eigenvalue weighted by Gasteiger charge is 2.21. The van der Waals surface area contributed by atoms with Gasteiger partial charge >= 0.3 is 5.97 Å². The number of thiazole rings is 1. The molecule has 0 amide bonds. The Labute approximate surface area is 97.6 Å². The first-order valence-electron chi connectivity index (χ1n) is 5.17. The molecule has 1 aliphatic heterocycles. The maximum Gasteiger partial charge on any atom is 0.328 e. The van der Waals surface area contributed by atoms with E-state index in [4.69, 9.17) is 9.84 Å². The van der Waals surface area contributed by atoms with Crippen molar-refractivity contribution < 1.29 is 14.6 Å². The van der Waals surface area contributed by atoms with E-state index in [1.54, 1.807) is 6.08 Å². The van der Waals surface area contributed by atoms with Crippen LogP contribution < -0.4 is 0 Å². The monoisotopic (exact) mass is 239 g/mol. The Hall–Kier alpha value is -1.20. The summed E-state index contributed by atoms with van der Waals surface area (Å²) in [7, 11) is 0. The summed E-state index contributed by atoms with van der Waals surface area (Å²) < 4.78 is 5.54. The summed E-state index contributed by atoms with van der Waals surface area (Å²) in [5.74, 6) is -0.938. The van der Waals surface area contributed by atoms with Gasteiger partial charge in [0.25, 0.3) is 0 Å². The lowest BCUT2D eigenvalue weighted by molar-refractivity contribution is -0.131. The molecule has 1 aromatic rings. The number of aryl methyl sites for hydroxylation is 1. The van der Waals surface area contributed by atoms with Crippen LogP contribution in [0.15, 0.2) is 6.08 Å². The SMILES string of the molecule is Cc1nc(C2CCCO2)sc1/C=C/C(=O)O. The van der Waals surface area contributed by atoms with Crippen LogP contribution in [0, 0.1) is 6.92 Å². The number of carbonyl (C=O) groups is 1. The number of ether oxygens (including phenoxy) is 1. The standard InChI is InChI=1S/C11H13NO3S/c1-7-9(4-5-10(13)14)16-11(12-7)8-3-2-6-15-8/h4-5,8H,2-3,6H2,1H3,(H,13,14)/b5-4+. The van der Waals surface area contributed by atoms with Gasteiger partial charge in [-0.05, 0) is 25.8 Å². The summed E-state index contributed by atoms with van der Waals surface area (Å²) in [5.41, 5.74) is 0.869. The molecule has 86 valence electrons. The maximum atomic E-state index is 10.4. The van der Waals surface area contributed by atoms with Crippen LogP contribution in [-0.4, -0.2) is 22.7 Å². The van der Waals surface area contributed by atoms with E-state index in [0.29, 0.717) is 0 Å². The van der Waals surface area contributed by atoms with E-state index >= 15 is 0 Å². The molecule has 0 bridgehead atoms. The highest BCUT2D eigenvalue weighted by molar-refractivity contribution is 7.12. The number of nitrogens with zero attached hydrogens (tertiary/aromatic N) is 1. The van der Waals surface area contributed by atoms with Crippen molar-refractivity contribution in [3.05, 3.63) is 21.7 Å². The third kappa shape index (κ3) is 2.48. The smallest absolute Gasteiger partial charge is 0.328 e. The number of hydrogen-bond donors (Lipinski definition) is 1. The lowest BCUT2D eigenvalue weighted by atomic mass is 10.2. The molecule has 16 heavy (non-hydrogen) atoms. The number of carboxylic acids is 1. The highest BCUT2D eigenvalue weighted by atomic mass is 32.1. The second kappa shape index (κ2) is 4.76. The molecule has 1 aromatic heterocycles. The van der Waals surface area contributed by atoms with E-state index in [1.807, 2.05) is 6.92 Å². The summed E-state index contributed by atoms with van der Waals surface area (Å²) in [6.07, 6.45) is 4.92. The van der Waals surface area contributed by atoms with Crippen LogP contribution in [0.5, 0.6) is 0 Å². The van der Waals surface area contributed by atoms with Gasteiger partial charge in [-0.2, -0.15) is 0 Å². The minimum Gasteiger partial charge on any atom is -0.478 e. The minimum atomic E-state index is -0.938. The molecular weight excluding hydrogens is 226 g/mol. The number of aromatic nitrogens is 1. The van der Waals surface area contributed by atoms with Crippen LogP contribution in [0.3, 0.4) is 0 Å². The molecular formula is C11H13NO3S. The van der Waals surface area contributed by atoms with Gasteiger partial charge in [-0.25, -0.2) is 9.78 Å². The summed E-state index contributed by atoms with van der Waals surface area (Å²) in [6, 6.07) is 0. The maximum absolute atomic E-state index is 10.4. The molecule has 5 heteroatoms. The van der Waals surface area contributed by atoms with Gasteiger partial charge in [0.05, 0.1) is 10.6 Å². The summed E-state index contributed by atoms with van der Waals surface area (Å²) in [6.45, 7) is 2.68. The second-order valence-corrected chi connectivity index (χ2v) is 4.74. The Kier molecular flexibility index (Phi) is 3.36. The van der Waals surface area contributed by atoms with E-state index in [2.05, 4.69) is 4.98 Å². The summed E-state index contributed by atoms with van der Waals surface area (Å²) in [4.78, 5) is 15.7. The fraction of sp³-hybridized carbons (Fsp3) is 0.455. The number of hydrogen-bond acceptors (Lipinski definition) is 4. The molecule has 0 aromatic carbocycles.